The lowest BCUT2D eigenvalue weighted by atomic mass is 10.0. The molecule has 0 aliphatic carbocycles. The first-order valence-corrected chi connectivity index (χ1v) is 8.73. The molecule has 0 radical (unpaired) electrons. The van der Waals surface area contributed by atoms with Crippen LogP contribution in [0.25, 0.3) is 11.1 Å². The van der Waals surface area contributed by atoms with Crippen LogP contribution in [0, 0.1) is 5.82 Å². The number of nitrogens with zero attached hydrogens (tertiary/aromatic N) is 1. The van der Waals surface area contributed by atoms with Gasteiger partial charge in [-0.3, -0.25) is 4.90 Å². The monoisotopic (exact) mass is 375 g/mol. The van der Waals surface area contributed by atoms with Gasteiger partial charge in [0.2, 0.25) is 0 Å². The van der Waals surface area contributed by atoms with Crippen LogP contribution in [0.1, 0.15) is 5.56 Å². The van der Waals surface area contributed by atoms with E-state index in [0.717, 1.165) is 16.7 Å². The highest BCUT2D eigenvalue weighted by Gasteiger charge is 2.23. The molecule has 1 atom stereocenters. The Morgan fingerprint density at radius 2 is 1.96 bits per heavy atom. The maximum absolute atomic E-state index is 13.2. The number of rotatable bonds is 7. The van der Waals surface area contributed by atoms with Crippen LogP contribution in [0.5, 0.6) is 5.75 Å². The third-order valence-electron chi connectivity index (χ3n) is 4.52. The largest absolute Gasteiger partial charge is 0.482 e. The zero-order valence-corrected chi connectivity index (χ0v) is 14.8. The molecule has 3 rings (SSSR count). The van der Waals surface area contributed by atoms with E-state index in [-0.39, 0.29) is 18.5 Å². The lowest BCUT2D eigenvalue weighted by Gasteiger charge is -2.34. The number of benzene rings is 2. The summed E-state index contributed by atoms with van der Waals surface area (Å²) < 4.78 is 24.0. The molecule has 2 aromatic rings. The van der Waals surface area contributed by atoms with Gasteiger partial charge in [0.25, 0.3) is 0 Å². The maximum Gasteiger partial charge on any atom is 0.341 e. The summed E-state index contributed by atoms with van der Waals surface area (Å²) in [6.07, 6.45) is 0. The van der Waals surface area contributed by atoms with Crippen molar-refractivity contribution in [3.8, 4) is 16.9 Å². The maximum atomic E-state index is 13.2. The molecular formula is C20H22FNO5. The van der Waals surface area contributed by atoms with E-state index in [1.165, 1.54) is 12.1 Å². The zero-order valence-electron chi connectivity index (χ0n) is 14.8. The van der Waals surface area contributed by atoms with Gasteiger partial charge in [-0.15, -0.1) is 0 Å². The number of ether oxygens (including phenoxy) is 2. The molecule has 7 heteroatoms. The van der Waals surface area contributed by atoms with Gasteiger partial charge >= 0.3 is 5.97 Å². The molecule has 0 saturated carbocycles. The average Bonchev–Trinajstić information content (AvgIpc) is 2.68. The second-order valence-electron chi connectivity index (χ2n) is 6.39. The summed E-state index contributed by atoms with van der Waals surface area (Å²) in [7, 11) is 0. The van der Waals surface area contributed by atoms with Crippen molar-refractivity contribution >= 4 is 5.97 Å². The second kappa shape index (κ2) is 8.94. The average molecular weight is 375 g/mol. The lowest BCUT2D eigenvalue weighted by Crippen LogP contribution is -2.46. The van der Waals surface area contributed by atoms with Gasteiger partial charge in [0, 0.05) is 18.7 Å². The van der Waals surface area contributed by atoms with Crippen molar-refractivity contribution in [1.29, 1.82) is 0 Å². The normalized spacial score (nSPS) is 17.6. The fraction of sp³-hybridized carbons (Fsp3) is 0.350. The number of hydrogen-bond donors (Lipinski definition) is 2. The Balaban J connectivity index is 1.89. The van der Waals surface area contributed by atoms with Crippen molar-refractivity contribution in [1.82, 2.24) is 4.90 Å². The molecular weight excluding hydrogens is 353 g/mol. The van der Waals surface area contributed by atoms with E-state index in [4.69, 9.17) is 14.6 Å². The number of carboxylic acids is 1. The SMILES string of the molecule is O=C(O)COc1ccc(-c2ccc(F)cc2)cc1CN1CCOCC1CO. The predicted octanol–water partition coefficient (Wildman–Crippen LogP) is 2.15. The molecule has 2 N–H and O–H groups in total. The number of morpholine rings is 1. The van der Waals surface area contributed by atoms with E-state index in [1.54, 1.807) is 18.2 Å². The highest BCUT2D eigenvalue weighted by molar-refractivity contribution is 5.69. The third kappa shape index (κ3) is 5.03. The van der Waals surface area contributed by atoms with Gasteiger partial charge in [-0.1, -0.05) is 18.2 Å². The van der Waals surface area contributed by atoms with E-state index >= 15 is 0 Å². The Kier molecular flexibility index (Phi) is 6.39. The molecule has 1 aliphatic rings. The van der Waals surface area contributed by atoms with Crippen LogP contribution in [0.2, 0.25) is 0 Å². The fourth-order valence-electron chi connectivity index (χ4n) is 3.09. The third-order valence-corrected chi connectivity index (χ3v) is 4.52. The Bertz CT molecular complexity index is 780. The summed E-state index contributed by atoms with van der Waals surface area (Å²) in [6, 6.07) is 11.5. The minimum absolute atomic E-state index is 0.0248. The van der Waals surface area contributed by atoms with Crippen LogP contribution < -0.4 is 4.74 Å². The topological polar surface area (TPSA) is 79.2 Å². The Morgan fingerprint density at radius 1 is 1.22 bits per heavy atom. The molecule has 27 heavy (non-hydrogen) atoms. The van der Waals surface area contributed by atoms with E-state index < -0.39 is 12.6 Å². The van der Waals surface area contributed by atoms with E-state index in [1.807, 2.05) is 12.1 Å². The minimum Gasteiger partial charge on any atom is -0.482 e. The molecule has 144 valence electrons. The number of carboxylic acid groups (broad SMARTS) is 1. The quantitative estimate of drug-likeness (QED) is 0.772. The number of halogens is 1. The van der Waals surface area contributed by atoms with Crippen LogP contribution in [-0.2, 0) is 16.1 Å². The lowest BCUT2D eigenvalue weighted by molar-refractivity contribution is -0.139. The van der Waals surface area contributed by atoms with Gasteiger partial charge in [0.05, 0.1) is 25.9 Å². The van der Waals surface area contributed by atoms with E-state index in [0.29, 0.717) is 32.1 Å². The summed E-state index contributed by atoms with van der Waals surface area (Å²) in [5, 5.41) is 18.5. The molecule has 0 amide bonds. The Morgan fingerprint density at radius 3 is 2.67 bits per heavy atom. The van der Waals surface area contributed by atoms with Gasteiger partial charge in [0.15, 0.2) is 6.61 Å². The standard InChI is InChI=1S/C20H22FNO5/c21-17-4-1-14(2-5-17)15-3-6-19(27-13-20(24)25)16(9-15)10-22-7-8-26-12-18(22)11-23/h1-6,9,18,23H,7-8,10-13H2,(H,24,25). The molecule has 6 nitrogen and oxygen atoms in total. The first kappa shape index (κ1) is 19.3. The molecule has 0 bridgehead atoms. The molecule has 0 aromatic heterocycles. The first-order valence-electron chi connectivity index (χ1n) is 8.73. The summed E-state index contributed by atoms with van der Waals surface area (Å²) in [4.78, 5) is 13.0. The van der Waals surface area contributed by atoms with Crippen LogP contribution in [0.4, 0.5) is 4.39 Å². The van der Waals surface area contributed by atoms with Gasteiger partial charge in [-0.2, -0.15) is 0 Å². The summed E-state index contributed by atoms with van der Waals surface area (Å²) in [6.45, 7) is 1.69. The first-order chi connectivity index (χ1) is 13.1. The molecule has 2 aromatic carbocycles. The summed E-state index contributed by atoms with van der Waals surface area (Å²) in [5.41, 5.74) is 2.53. The Hall–Kier alpha value is -2.48. The highest BCUT2D eigenvalue weighted by atomic mass is 19.1. The summed E-state index contributed by atoms with van der Waals surface area (Å²) in [5.74, 6) is -0.880. The minimum atomic E-state index is -1.05. The molecule has 1 aliphatic heterocycles. The smallest absolute Gasteiger partial charge is 0.341 e. The fourth-order valence-corrected chi connectivity index (χ4v) is 3.09. The molecule has 1 fully saturated rings. The molecule has 1 heterocycles. The Labute approximate surface area is 156 Å². The van der Waals surface area contributed by atoms with Crippen molar-refractivity contribution in [2.45, 2.75) is 12.6 Å². The predicted molar refractivity (Wildman–Crippen MR) is 97.1 cm³/mol. The van der Waals surface area contributed by atoms with Crippen LogP contribution in [0.3, 0.4) is 0 Å². The van der Waals surface area contributed by atoms with Crippen molar-refractivity contribution in [3.05, 3.63) is 53.8 Å². The number of aliphatic hydroxyl groups excluding tert-OH is 1. The number of aliphatic hydroxyl groups is 1. The number of aliphatic carboxylic acids is 1. The molecule has 1 saturated heterocycles. The highest BCUT2D eigenvalue weighted by Crippen LogP contribution is 2.29. The summed E-state index contributed by atoms with van der Waals surface area (Å²) >= 11 is 0. The van der Waals surface area contributed by atoms with Gasteiger partial charge in [0.1, 0.15) is 11.6 Å². The van der Waals surface area contributed by atoms with Crippen molar-refractivity contribution < 1.29 is 28.9 Å². The second-order valence-corrected chi connectivity index (χ2v) is 6.39. The van der Waals surface area contributed by atoms with Crippen LogP contribution in [-0.4, -0.2) is 60.1 Å². The molecule has 0 spiro atoms. The van der Waals surface area contributed by atoms with Crippen molar-refractivity contribution in [2.75, 3.05) is 33.0 Å². The number of hydrogen-bond acceptors (Lipinski definition) is 5. The van der Waals surface area contributed by atoms with Gasteiger partial charge < -0.3 is 19.7 Å². The van der Waals surface area contributed by atoms with Crippen LogP contribution >= 0.6 is 0 Å². The zero-order chi connectivity index (χ0) is 19.2. The van der Waals surface area contributed by atoms with E-state index in [2.05, 4.69) is 4.90 Å². The van der Waals surface area contributed by atoms with Gasteiger partial charge in [-0.05, 0) is 35.4 Å². The van der Waals surface area contributed by atoms with E-state index in [9.17, 15) is 14.3 Å². The van der Waals surface area contributed by atoms with Gasteiger partial charge in [-0.25, -0.2) is 9.18 Å². The van der Waals surface area contributed by atoms with Crippen molar-refractivity contribution in [2.24, 2.45) is 0 Å². The van der Waals surface area contributed by atoms with Crippen LogP contribution in [0.15, 0.2) is 42.5 Å². The molecule has 1 unspecified atom stereocenters. The van der Waals surface area contributed by atoms with Crippen molar-refractivity contribution in [3.63, 3.8) is 0 Å². The number of carbonyl (C=O) groups is 1.